The average Bonchev–Trinajstić information content (AvgIpc) is 3.22. The van der Waals surface area contributed by atoms with Crippen LogP contribution in [0.1, 0.15) is 31.8 Å². The lowest BCUT2D eigenvalue weighted by molar-refractivity contribution is 0.100. The van der Waals surface area contributed by atoms with Gasteiger partial charge in [0.05, 0.1) is 10.5 Å². The van der Waals surface area contributed by atoms with Crippen LogP contribution < -0.4 is 11.1 Å². The maximum absolute atomic E-state index is 13.0. The van der Waals surface area contributed by atoms with Crippen molar-refractivity contribution in [3.8, 4) is 0 Å². The smallest absolute Gasteiger partial charge is 0.256 e. The molecule has 4 rings (SSSR count). The number of anilines is 1. The summed E-state index contributed by atoms with van der Waals surface area (Å²) in [5.41, 5.74) is 7.97. The molecule has 0 saturated carbocycles. The fourth-order valence-corrected chi connectivity index (χ4v) is 5.58. The summed E-state index contributed by atoms with van der Waals surface area (Å²) in [6, 6.07) is 15.1. The molecule has 3 aromatic rings. The third-order valence-corrected chi connectivity index (χ3v) is 7.70. The number of carbonyl (C=O) groups is 2. The van der Waals surface area contributed by atoms with Gasteiger partial charge in [-0.15, -0.1) is 11.3 Å². The van der Waals surface area contributed by atoms with E-state index in [9.17, 15) is 18.0 Å². The normalized spacial score (nSPS) is 14.1. The Bertz CT molecular complexity index is 1220. The van der Waals surface area contributed by atoms with Gasteiger partial charge < -0.3 is 11.1 Å². The molecule has 0 aliphatic carbocycles. The van der Waals surface area contributed by atoms with Crippen LogP contribution in [0.5, 0.6) is 0 Å². The van der Waals surface area contributed by atoms with Crippen LogP contribution in [0.2, 0.25) is 0 Å². The maximum Gasteiger partial charge on any atom is 0.256 e. The van der Waals surface area contributed by atoms with Crippen LogP contribution in [-0.2, 0) is 23.0 Å². The van der Waals surface area contributed by atoms with Gasteiger partial charge in [0.1, 0.15) is 5.00 Å². The van der Waals surface area contributed by atoms with E-state index in [1.165, 1.54) is 51.5 Å². The summed E-state index contributed by atoms with van der Waals surface area (Å²) in [4.78, 5) is 24.0. The van der Waals surface area contributed by atoms with Crippen LogP contribution in [0.4, 0.5) is 5.00 Å². The second-order valence-corrected chi connectivity index (χ2v) is 9.72. The van der Waals surface area contributed by atoms with Gasteiger partial charge in [-0.05, 0) is 53.3 Å². The Morgan fingerprint density at radius 2 is 1.70 bits per heavy atom. The highest BCUT2D eigenvalue weighted by molar-refractivity contribution is 7.89. The molecule has 0 saturated heterocycles. The first-order valence-electron chi connectivity index (χ1n) is 9.22. The standard InChI is InChI=1S/C21H19N3O4S2/c22-19(25)18-10-12-29-21(18)23-20(26)15-5-7-17(8-6-15)30(27,28)24-11-9-14-3-1-2-4-16(14)13-24/h1-8,10,12H,9,11,13H2,(H2,22,25)(H,23,26). The molecule has 0 unspecified atom stereocenters. The van der Waals surface area contributed by atoms with Crippen molar-refractivity contribution in [2.45, 2.75) is 17.9 Å². The monoisotopic (exact) mass is 441 g/mol. The summed E-state index contributed by atoms with van der Waals surface area (Å²) in [5.74, 6) is -1.08. The van der Waals surface area contributed by atoms with E-state index >= 15 is 0 Å². The minimum Gasteiger partial charge on any atom is -0.366 e. The minimum atomic E-state index is -3.67. The summed E-state index contributed by atoms with van der Waals surface area (Å²) in [5, 5.41) is 4.65. The molecule has 2 heterocycles. The van der Waals surface area contributed by atoms with Crippen molar-refractivity contribution < 1.29 is 18.0 Å². The molecule has 0 radical (unpaired) electrons. The van der Waals surface area contributed by atoms with E-state index in [0.29, 0.717) is 24.5 Å². The van der Waals surface area contributed by atoms with Crippen LogP contribution >= 0.6 is 11.3 Å². The van der Waals surface area contributed by atoms with Gasteiger partial charge in [0.25, 0.3) is 11.8 Å². The second-order valence-electron chi connectivity index (χ2n) is 6.86. The fourth-order valence-electron chi connectivity index (χ4n) is 3.38. The molecule has 1 aliphatic rings. The van der Waals surface area contributed by atoms with Crippen LogP contribution in [0.25, 0.3) is 0 Å². The molecule has 9 heteroatoms. The van der Waals surface area contributed by atoms with Gasteiger partial charge >= 0.3 is 0 Å². The number of rotatable bonds is 5. The summed E-state index contributed by atoms with van der Waals surface area (Å²) < 4.78 is 27.5. The molecule has 0 spiro atoms. The Kier molecular flexibility index (Phi) is 5.42. The lowest BCUT2D eigenvalue weighted by Crippen LogP contribution is -2.35. The third-order valence-electron chi connectivity index (χ3n) is 5.01. The number of nitrogens with one attached hydrogen (secondary N) is 1. The van der Waals surface area contributed by atoms with Crippen molar-refractivity contribution in [3.05, 3.63) is 82.2 Å². The van der Waals surface area contributed by atoms with Crippen molar-refractivity contribution in [1.29, 1.82) is 0 Å². The fraction of sp³-hybridized carbons (Fsp3) is 0.143. The highest BCUT2D eigenvalue weighted by Gasteiger charge is 2.28. The van der Waals surface area contributed by atoms with Crippen LogP contribution in [-0.4, -0.2) is 31.1 Å². The Hall–Kier alpha value is -3.01. The lowest BCUT2D eigenvalue weighted by Gasteiger charge is -2.28. The van der Waals surface area contributed by atoms with Gasteiger partial charge in [-0.25, -0.2) is 8.42 Å². The Balaban J connectivity index is 1.51. The maximum atomic E-state index is 13.0. The molecule has 0 atom stereocenters. The zero-order chi connectivity index (χ0) is 21.3. The van der Waals surface area contributed by atoms with E-state index in [1.54, 1.807) is 5.38 Å². The Morgan fingerprint density at radius 1 is 1.00 bits per heavy atom. The van der Waals surface area contributed by atoms with Crippen LogP contribution in [0.3, 0.4) is 0 Å². The molecule has 1 aromatic heterocycles. The van der Waals surface area contributed by atoms with Crippen molar-refractivity contribution in [2.75, 3.05) is 11.9 Å². The van der Waals surface area contributed by atoms with Crippen molar-refractivity contribution >= 4 is 38.2 Å². The topological polar surface area (TPSA) is 110 Å². The van der Waals surface area contributed by atoms with Gasteiger partial charge in [-0.3, -0.25) is 9.59 Å². The molecule has 2 aromatic carbocycles. The van der Waals surface area contributed by atoms with Crippen molar-refractivity contribution in [1.82, 2.24) is 4.31 Å². The highest BCUT2D eigenvalue weighted by atomic mass is 32.2. The molecular weight excluding hydrogens is 422 g/mol. The van der Waals surface area contributed by atoms with E-state index in [-0.39, 0.29) is 16.0 Å². The number of fused-ring (bicyclic) bond motifs is 1. The number of hydrogen-bond acceptors (Lipinski definition) is 5. The Labute approximate surface area is 178 Å². The average molecular weight is 442 g/mol. The number of thiophene rings is 1. The molecule has 3 N–H and O–H groups in total. The number of hydrogen-bond donors (Lipinski definition) is 2. The lowest BCUT2D eigenvalue weighted by atomic mass is 10.0. The van der Waals surface area contributed by atoms with Crippen LogP contribution in [0.15, 0.2) is 64.9 Å². The van der Waals surface area contributed by atoms with Gasteiger partial charge in [0.2, 0.25) is 10.0 Å². The SMILES string of the molecule is NC(=O)c1ccsc1NC(=O)c1ccc(S(=O)(=O)N2CCc3ccccc3C2)cc1. The zero-order valence-corrected chi connectivity index (χ0v) is 17.5. The number of amides is 2. The first-order chi connectivity index (χ1) is 14.4. The largest absolute Gasteiger partial charge is 0.366 e. The van der Waals surface area contributed by atoms with E-state index in [0.717, 1.165) is 5.56 Å². The van der Waals surface area contributed by atoms with Crippen LogP contribution in [0, 0.1) is 0 Å². The zero-order valence-electron chi connectivity index (χ0n) is 15.9. The molecule has 2 amide bonds. The van der Waals surface area contributed by atoms with E-state index in [4.69, 9.17) is 5.73 Å². The number of nitrogens with two attached hydrogens (primary N) is 1. The van der Waals surface area contributed by atoms with Crippen molar-refractivity contribution in [3.63, 3.8) is 0 Å². The highest BCUT2D eigenvalue weighted by Crippen LogP contribution is 2.26. The molecule has 1 aliphatic heterocycles. The third kappa shape index (κ3) is 3.87. The first kappa shape index (κ1) is 20.3. The van der Waals surface area contributed by atoms with E-state index in [1.807, 2.05) is 24.3 Å². The summed E-state index contributed by atoms with van der Waals surface area (Å²) in [6.07, 6.45) is 0.666. The number of primary amides is 1. The van der Waals surface area contributed by atoms with Gasteiger partial charge in [0.15, 0.2) is 0 Å². The summed E-state index contributed by atoms with van der Waals surface area (Å²) >= 11 is 1.19. The molecule has 7 nitrogen and oxygen atoms in total. The minimum absolute atomic E-state index is 0.132. The first-order valence-corrected chi connectivity index (χ1v) is 11.5. The Morgan fingerprint density at radius 3 is 2.40 bits per heavy atom. The number of nitrogens with zero attached hydrogens (tertiary/aromatic N) is 1. The molecule has 0 bridgehead atoms. The van der Waals surface area contributed by atoms with Gasteiger partial charge in [-0.2, -0.15) is 4.31 Å². The van der Waals surface area contributed by atoms with Gasteiger partial charge in [-0.1, -0.05) is 24.3 Å². The predicted octanol–water partition coefficient (Wildman–Crippen LogP) is 2.85. The number of benzene rings is 2. The second kappa shape index (κ2) is 8.02. The predicted molar refractivity (Wildman–Crippen MR) is 115 cm³/mol. The quantitative estimate of drug-likeness (QED) is 0.634. The molecule has 154 valence electrons. The van der Waals surface area contributed by atoms with Gasteiger partial charge in [0, 0.05) is 18.7 Å². The van der Waals surface area contributed by atoms with Crippen molar-refractivity contribution in [2.24, 2.45) is 5.73 Å². The van der Waals surface area contributed by atoms with E-state index < -0.39 is 21.8 Å². The number of carbonyl (C=O) groups excluding carboxylic acids is 2. The molecule has 0 fully saturated rings. The van der Waals surface area contributed by atoms with E-state index in [2.05, 4.69) is 5.32 Å². The summed E-state index contributed by atoms with van der Waals surface area (Å²) in [6.45, 7) is 0.741. The summed E-state index contributed by atoms with van der Waals surface area (Å²) in [7, 11) is -3.67. The number of sulfonamides is 1. The molecular formula is C21H19N3O4S2. The molecule has 30 heavy (non-hydrogen) atoms.